The van der Waals surface area contributed by atoms with Crippen LogP contribution in [0.2, 0.25) is 10.0 Å². The number of pyridine rings is 2. The predicted molar refractivity (Wildman–Crippen MR) is 232 cm³/mol. The monoisotopic (exact) mass is 809 g/mol. The third-order valence-corrected chi connectivity index (χ3v) is 11.6. The summed E-state index contributed by atoms with van der Waals surface area (Å²) in [6.07, 6.45) is 10.2. The third-order valence-electron chi connectivity index (χ3n) is 10.6. The van der Waals surface area contributed by atoms with E-state index < -0.39 is 0 Å². The SMILES string of the molecule is Cc1cc(CCCCc2c(C=O)n(Cc3cccnc3)c3c(-c4c(C)nn(C)c4C)c(Cl)ccc23)cc(C)c1Cl.Cc1cc(N2CCN(C)CC2)ccn1.O=CO. The van der Waals surface area contributed by atoms with Crippen molar-refractivity contribution in [2.24, 2.45) is 7.05 Å². The van der Waals surface area contributed by atoms with Gasteiger partial charge in [-0.05, 0) is 119 Å². The average Bonchev–Trinajstić information content (AvgIpc) is 3.63. The lowest BCUT2D eigenvalue weighted by atomic mass is 9.97. The van der Waals surface area contributed by atoms with Crippen molar-refractivity contribution in [3.63, 3.8) is 0 Å². The molecule has 0 amide bonds. The van der Waals surface area contributed by atoms with Gasteiger partial charge >= 0.3 is 0 Å². The number of aryl methyl sites for hydroxylation is 7. The van der Waals surface area contributed by atoms with Gasteiger partial charge in [-0.1, -0.05) is 47.5 Å². The van der Waals surface area contributed by atoms with E-state index in [-0.39, 0.29) is 6.47 Å². The number of hydrogen-bond donors (Lipinski definition) is 1. The maximum Gasteiger partial charge on any atom is 0.290 e. The second-order valence-electron chi connectivity index (χ2n) is 14.7. The molecule has 12 heteroatoms. The van der Waals surface area contributed by atoms with Crippen molar-refractivity contribution in [3.8, 4) is 11.1 Å². The second-order valence-corrected chi connectivity index (χ2v) is 15.5. The molecule has 1 saturated heterocycles. The molecular weight excluding hydrogens is 757 g/mol. The molecule has 7 rings (SSSR count). The normalized spacial score (nSPS) is 12.8. The summed E-state index contributed by atoms with van der Waals surface area (Å²) >= 11 is 13.3. The number of aromatic nitrogens is 5. The van der Waals surface area contributed by atoms with E-state index in [1.165, 1.54) is 11.3 Å². The maximum absolute atomic E-state index is 12.7. The van der Waals surface area contributed by atoms with Crippen molar-refractivity contribution in [2.75, 3.05) is 38.1 Å². The summed E-state index contributed by atoms with van der Waals surface area (Å²) in [6, 6.07) is 16.6. The van der Waals surface area contributed by atoms with Gasteiger partial charge in [0.05, 0.1) is 21.9 Å². The van der Waals surface area contributed by atoms with Crippen LogP contribution in [0.15, 0.2) is 67.1 Å². The Morgan fingerprint density at radius 2 is 1.51 bits per heavy atom. The first-order valence-electron chi connectivity index (χ1n) is 19.3. The standard InChI is InChI=1S/C33H34Cl2N4O.C11H17N3.CH2O2/c1-20-15-24(16-21(2)32(20)35)9-6-7-11-26-27-12-13-28(34)31(30-22(3)37-38(5)23(30)4)33(27)39(29(26)19-40)18-25-10-8-14-36-17-25;1-10-9-11(3-4-12-10)14-7-5-13(2)6-8-14;2-1-3/h8,10,12-17,19H,6-7,9,11,18H2,1-5H3;3-4,9H,5-8H2,1-2H3;1H,(H,2,3). The molecule has 6 aromatic rings. The summed E-state index contributed by atoms with van der Waals surface area (Å²) in [5.74, 6) is 0. The first-order chi connectivity index (χ1) is 27.4. The molecule has 300 valence electrons. The largest absolute Gasteiger partial charge is 0.483 e. The summed E-state index contributed by atoms with van der Waals surface area (Å²) in [7, 11) is 4.12. The zero-order valence-electron chi connectivity index (χ0n) is 34.0. The quantitative estimate of drug-likeness (QED) is 0.108. The highest BCUT2D eigenvalue weighted by Gasteiger charge is 2.25. The van der Waals surface area contributed by atoms with Crippen LogP contribution in [0.5, 0.6) is 0 Å². The van der Waals surface area contributed by atoms with E-state index in [0.29, 0.717) is 17.3 Å². The molecule has 1 aliphatic heterocycles. The molecule has 10 nitrogen and oxygen atoms in total. The maximum atomic E-state index is 12.7. The van der Waals surface area contributed by atoms with Gasteiger partial charge in [0, 0.05) is 97.0 Å². The number of fused-ring (bicyclic) bond motifs is 1. The minimum Gasteiger partial charge on any atom is -0.483 e. The lowest BCUT2D eigenvalue weighted by Crippen LogP contribution is -2.44. The van der Waals surface area contributed by atoms with Gasteiger partial charge in [-0.3, -0.25) is 24.2 Å². The minimum absolute atomic E-state index is 0.250. The van der Waals surface area contributed by atoms with E-state index in [2.05, 4.69) is 87.6 Å². The Kier molecular flexibility index (Phi) is 15.0. The molecule has 5 heterocycles. The smallest absolute Gasteiger partial charge is 0.290 e. The first kappa shape index (κ1) is 43.1. The second kappa shape index (κ2) is 19.9. The number of unbranched alkanes of at least 4 members (excludes halogenated alkanes) is 1. The van der Waals surface area contributed by atoms with Gasteiger partial charge in [-0.2, -0.15) is 5.10 Å². The summed E-state index contributed by atoms with van der Waals surface area (Å²) < 4.78 is 4.00. The Morgan fingerprint density at radius 3 is 2.11 bits per heavy atom. The molecule has 1 N–H and O–H groups in total. The number of carboxylic acid groups (broad SMARTS) is 1. The predicted octanol–water partition coefficient (Wildman–Crippen LogP) is 9.25. The molecule has 0 spiro atoms. The Balaban J connectivity index is 0.000000302. The number of rotatable bonds is 10. The Morgan fingerprint density at radius 1 is 0.825 bits per heavy atom. The topological polar surface area (TPSA) is 109 Å². The fourth-order valence-corrected chi connectivity index (χ4v) is 8.08. The van der Waals surface area contributed by atoms with Crippen LogP contribution in [-0.2, 0) is 31.2 Å². The molecule has 0 aliphatic carbocycles. The summed E-state index contributed by atoms with van der Waals surface area (Å²) in [5.41, 5.74) is 13.6. The molecule has 0 atom stereocenters. The van der Waals surface area contributed by atoms with Gasteiger partial charge in [-0.15, -0.1) is 0 Å². The van der Waals surface area contributed by atoms with Crippen LogP contribution in [-0.4, -0.2) is 80.3 Å². The molecule has 4 aromatic heterocycles. The summed E-state index contributed by atoms with van der Waals surface area (Å²) in [6.45, 7) is 15.0. The fraction of sp³-hybridized carbons (Fsp3) is 0.356. The van der Waals surface area contributed by atoms with Crippen molar-refractivity contribution >= 4 is 52.6 Å². The fourth-order valence-electron chi connectivity index (χ4n) is 7.72. The number of hydrogen-bond acceptors (Lipinski definition) is 7. The van der Waals surface area contributed by atoms with E-state index in [0.717, 1.165) is 125 Å². The van der Waals surface area contributed by atoms with Gasteiger partial charge in [0.1, 0.15) is 0 Å². The number of piperazine rings is 1. The molecule has 1 fully saturated rings. The number of nitrogens with zero attached hydrogens (tertiary/aromatic N) is 7. The molecule has 0 unspecified atom stereocenters. The number of carbonyl (C=O) groups is 2. The van der Waals surface area contributed by atoms with Crippen LogP contribution in [0.3, 0.4) is 0 Å². The Labute approximate surface area is 346 Å². The van der Waals surface area contributed by atoms with Gasteiger partial charge in [0.25, 0.3) is 6.47 Å². The first-order valence-corrected chi connectivity index (χ1v) is 20.0. The number of halogens is 2. The van der Waals surface area contributed by atoms with Crippen molar-refractivity contribution in [1.82, 2.24) is 29.2 Å². The summed E-state index contributed by atoms with van der Waals surface area (Å²) in [5, 5.41) is 14.1. The lowest BCUT2D eigenvalue weighted by Gasteiger charge is -2.34. The van der Waals surface area contributed by atoms with E-state index in [4.69, 9.17) is 33.1 Å². The van der Waals surface area contributed by atoms with Crippen LogP contribution in [0.1, 0.15) is 68.2 Å². The number of likely N-dealkylation sites (N-methyl/N-ethyl adjacent to an activating group) is 1. The molecule has 57 heavy (non-hydrogen) atoms. The molecule has 0 radical (unpaired) electrons. The van der Waals surface area contributed by atoms with E-state index >= 15 is 0 Å². The Hall–Kier alpha value is -5.03. The van der Waals surface area contributed by atoms with Gasteiger partial charge in [0.15, 0.2) is 6.29 Å². The van der Waals surface area contributed by atoms with Gasteiger partial charge in [0.2, 0.25) is 0 Å². The zero-order chi connectivity index (χ0) is 41.2. The highest BCUT2D eigenvalue weighted by Crippen LogP contribution is 2.42. The molecule has 0 bridgehead atoms. The van der Waals surface area contributed by atoms with E-state index in [9.17, 15) is 4.79 Å². The number of carbonyl (C=O) groups excluding carboxylic acids is 1. The molecule has 0 saturated carbocycles. The van der Waals surface area contributed by atoms with E-state index in [1.807, 2.05) is 56.2 Å². The van der Waals surface area contributed by atoms with Crippen molar-refractivity contribution in [3.05, 3.63) is 128 Å². The van der Waals surface area contributed by atoms with Gasteiger partial charge in [-0.25, -0.2) is 0 Å². The minimum atomic E-state index is -0.250. The van der Waals surface area contributed by atoms with Crippen molar-refractivity contribution in [1.29, 1.82) is 0 Å². The number of aldehydes is 1. The molecule has 2 aromatic carbocycles. The Bertz CT molecular complexity index is 2290. The number of anilines is 1. The highest BCUT2D eigenvalue weighted by molar-refractivity contribution is 6.35. The lowest BCUT2D eigenvalue weighted by molar-refractivity contribution is -0.122. The molecular formula is C45H53Cl2N7O3. The van der Waals surface area contributed by atoms with Crippen LogP contribution in [0, 0.1) is 34.6 Å². The zero-order valence-corrected chi connectivity index (χ0v) is 35.5. The summed E-state index contributed by atoms with van der Waals surface area (Å²) in [4.78, 5) is 34.4. The third kappa shape index (κ3) is 10.3. The van der Waals surface area contributed by atoms with Crippen LogP contribution in [0.25, 0.3) is 22.0 Å². The van der Waals surface area contributed by atoms with Crippen molar-refractivity contribution in [2.45, 2.75) is 66.8 Å². The highest BCUT2D eigenvalue weighted by atomic mass is 35.5. The van der Waals surface area contributed by atoms with Crippen LogP contribution < -0.4 is 4.90 Å². The van der Waals surface area contributed by atoms with Crippen molar-refractivity contribution < 1.29 is 14.7 Å². The number of benzene rings is 2. The van der Waals surface area contributed by atoms with Crippen LogP contribution >= 0.6 is 23.2 Å². The average molecular weight is 811 g/mol. The molecule has 1 aliphatic rings. The van der Waals surface area contributed by atoms with Gasteiger partial charge < -0.3 is 19.5 Å². The van der Waals surface area contributed by atoms with Crippen LogP contribution in [0.4, 0.5) is 5.69 Å². The van der Waals surface area contributed by atoms with E-state index in [1.54, 1.807) is 6.20 Å².